The normalized spacial score (nSPS) is 14.1. The second-order valence-electron chi connectivity index (χ2n) is 9.34. The van der Waals surface area contributed by atoms with Crippen molar-refractivity contribution in [1.29, 1.82) is 0 Å². The topological polar surface area (TPSA) is 85.6 Å². The lowest BCUT2D eigenvalue weighted by molar-refractivity contribution is -0.118. The lowest BCUT2D eigenvalue weighted by atomic mass is 9.88. The Morgan fingerprint density at radius 3 is 2.59 bits per heavy atom. The predicted molar refractivity (Wildman–Crippen MR) is 160 cm³/mol. The van der Waals surface area contributed by atoms with Gasteiger partial charge in [-0.3, -0.25) is 9.59 Å². The summed E-state index contributed by atoms with van der Waals surface area (Å²) < 4.78 is 7.65. The zero-order chi connectivity index (χ0) is 27.4. The largest absolute Gasteiger partial charge is 0.481 e. The van der Waals surface area contributed by atoms with Crippen molar-refractivity contribution in [2.24, 2.45) is 5.10 Å². The molecule has 7 nitrogen and oxygen atoms in total. The minimum absolute atomic E-state index is 0.179. The molecular formula is C29H25BrCl2N4O3. The van der Waals surface area contributed by atoms with Crippen molar-refractivity contribution in [3.05, 3.63) is 96.9 Å². The van der Waals surface area contributed by atoms with Crippen molar-refractivity contribution in [3.63, 3.8) is 0 Å². The molecule has 1 aliphatic rings. The fourth-order valence-corrected chi connectivity index (χ4v) is 5.78. The number of benzene rings is 3. The molecule has 1 heterocycles. The highest BCUT2D eigenvalue weighted by molar-refractivity contribution is 9.10. The third-order valence-electron chi connectivity index (χ3n) is 6.57. The summed E-state index contributed by atoms with van der Waals surface area (Å²) in [5.41, 5.74) is 1.74. The Morgan fingerprint density at radius 1 is 1.10 bits per heavy atom. The van der Waals surface area contributed by atoms with E-state index in [1.165, 1.54) is 11.1 Å². The Hall–Kier alpha value is -3.20. The van der Waals surface area contributed by atoms with E-state index in [-0.39, 0.29) is 24.0 Å². The molecule has 1 saturated carbocycles. The molecule has 39 heavy (non-hydrogen) atoms. The van der Waals surface area contributed by atoms with Gasteiger partial charge >= 0.3 is 0 Å². The van der Waals surface area contributed by atoms with Crippen LogP contribution in [0.4, 0.5) is 5.69 Å². The van der Waals surface area contributed by atoms with E-state index in [0.29, 0.717) is 48.2 Å². The molecule has 0 atom stereocenters. The third kappa shape index (κ3) is 6.52. The van der Waals surface area contributed by atoms with Crippen LogP contribution >= 0.6 is 39.1 Å². The minimum atomic E-state index is -0.343. The molecule has 5 rings (SSSR count). The minimum Gasteiger partial charge on any atom is -0.481 e. The molecule has 200 valence electrons. The molecule has 1 aromatic heterocycles. The lowest BCUT2D eigenvalue weighted by Gasteiger charge is -2.22. The molecule has 0 radical (unpaired) electrons. The summed E-state index contributed by atoms with van der Waals surface area (Å²) in [5, 5.41) is 8.70. The smallest absolute Gasteiger partial charge is 0.282 e. The highest BCUT2D eigenvalue weighted by Crippen LogP contribution is 2.35. The SMILES string of the molecule is O=C(COc1c(Cl)cc(C=Nn2c(C3CCCCC3)nc3ccccc3c2=O)cc1Br)Nc1ccc(Cl)cc1. The summed E-state index contributed by atoms with van der Waals surface area (Å²) >= 11 is 15.9. The van der Waals surface area contributed by atoms with Gasteiger partial charge in [0.05, 0.1) is 26.6 Å². The molecule has 10 heteroatoms. The quantitative estimate of drug-likeness (QED) is 0.216. The number of anilines is 1. The van der Waals surface area contributed by atoms with Gasteiger partial charge < -0.3 is 10.1 Å². The van der Waals surface area contributed by atoms with Crippen LogP contribution in [0.3, 0.4) is 0 Å². The molecule has 4 aromatic rings. The van der Waals surface area contributed by atoms with E-state index in [9.17, 15) is 9.59 Å². The number of carbonyl (C=O) groups excluding carboxylic acids is 1. The average Bonchev–Trinajstić information content (AvgIpc) is 2.94. The van der Waals surface area contributed by atoms with E-state index >= 15 is 0 Å². The maximum atomic E-state index is 13.4. The highest BCUT2D eigenvalue weighted by atomic mass is 79.9. The van der Waals surface area contributed by atoms with Gasteiger partial charge in [0.15, 0.2) is 12.4 Å². The number of nitrogens with zero attached hydrogens (tertiary/aromatic N) is 3. The predicted octanol–water partition coefficient (Wildman–Crippen LogP) is 7.41. The third-order valence-corrected chi connectivity index (χ3v) is 7.69. The van der Waals surface area contributed by atoms with E-state index in [0.717, 1.165) is 25.7 Å². The molecule has 1 fully saturated rings. The van der Waals surface area contributed by atoms with Crippen LogP contribution in [0.15, 0.2) is 75.0 Å². The number of ether oxygens (including phenoxy) is 1. The standard InChI is InChI=1S/C29H25BrCl2N4O3/c30-23-14-18(15-24(32)27(23)39-17-26(37)34-21-12-10-20(31)11-13-21)16-33-36-28(19-6-2-1-3-7-19)35-25-9-5-4-8-22(25)29(36)38/h4-5,8-16,19H,1-3,6-7,17H2,(H,34,37). The number of hydrogen-bond donors (Lipinski definition) is 1. The fraction of sp³-hybridized carbons (Fsp3) is 0.241. The lowest BCUT2D eigenvalue weighted by Crippen LogP contribution is -2.25. The first-order valence-electron chi connectivity index (χ1n) is 12.6. The molecule has 0 unspecified atom stereocenters. The Labute approximate surface area is 243 Å². The molecule has 0 spiro atoms. The van der Waals surface area contributed by atoms with Crippen molar-refractivity contribution in [1.82, 2.24) is 9.66 Å². The number of amides is 1. The van der Waals surface area contributed by atoms with Crippen LogP contribution in [0, 0.1) is 0 Å². The number of aromatic nitrogens is 2. The molecule has 0 bridgehead atoms. The summed E-state index contributed by atoms with van der Waals surface area (Å²) in [4.78, 5) is 30.6. The number of hydrogen-bond acceptors (Lipinski definition) is 5. The highest BCUT2D eigenvalue weighted by Gasteiger charge is 2.22. The number of rotatable bonds is 7. The summed E-state index contributed by atoms with van der Waals surface area (Å²) in [6.07, 6.45) is 6.96. The van der Waals surface area contributed by atoms with E-state index in [1.807, 2.05) is 18.2 Å². The molecule has 0 aliphatic heterocycles. The maximum Gasteiger partial charge on any atom is 0.282 e. The van der Waals surface area contributed by atoms with Crippen molar-refractivity contribution in [2.75, 3.05) is 11.9 Å². The van der Waals surface area contributed by atoms with Gasteiger partial charge in [-0.1, -0.05) is 54.6 Å². The van der Waals surface area contributed by atoms with Gasteiger partial charge in [-0.15, -0.1) is 0 Å². The van der Waals surface area contributed by atoms with Crippen LogP contribution in [0.1, 0.15) is 49.4 Å². The Morgan fingerprint density at radius 2 is 1.85 bits per heavy atom. The summed E-state index contributed by atoms with van der Waals surface area (Å²) in [6, 6.07) is 17.6. The van der Waals surface area contributed by atoms with E-state index < -0.39 is 0 Å². The number of carbonyl (C=O) groups is 1. The van der Waals surface area contributed by atoms with Crippen molar-refractivity contribution >= 4 is 67.8 Å². The van der Waals surface area contributed by atoms with E-state index in [4.69, 9.17) is 32.9 Å². The van der Waals surface area contributed by atoms with Crippen LogP contribution < -0.4 is 15.6 Å². The first-order valence-corrected chi connectivity index (χ1v) is 14.2. The molecule has 3 aromatic carbocycles. The van der Waals surface area contributed by atoms with Gasteiger partial charge in [0, 0.05) is 16.6 Å². The molecule has 1 N–H and O–H groups in total. The van der Waals surface area contributed by atoms with Gasteiger partial charge in [-0.2, -0.15) is 9.78 Å². The monoisotopic (exact) mass is 626 g/mol. The molecule has 0 saturated heterocycles. The Bertz CT molecular complexity index is 1580. The second-order valence-corrected chi connectivity index (χ2v) is 11.0. The Kier molecular flexibility index (Phi) is 8.65. The molecule has 1 amide bonds. The van der Waals surface area contributed by atoms with Crippen molar-refractivity contribution in [2.45, 2.75) is 38.0 Å². The molecule has 1 aliphatic carbocycles. The van der Waals surface area contributed by atoms with E-state index in [2.05, 4.69) is 26.3 Å². The fourth-order valence-electron chi connectivity index (χ4n) is 4.66. The zero-order valence-electron chi connectivity index (χ0n) is 20.9. The van der Waals surface area contributed by atoms with Gasteiger partial charge in [0.25, 0.3) is 11.5 Å². The number of halogens is 3. The van der Waals surface area contributed by atoms with E-state index in [1.54, 1.807) is 48.7 Å². The molecular weight excluding hydrogens is 603 g/mol. The van der Waals surface area contributed by atoms with Gasteiger partial charge in [0.2, 0.25) is 0 Å². The summed E-state index contributed by atoms with van der Waals surface area (Å²) in [7, 11) is 0. The van der Waals surface area contributed by atoms with Crippen LogP contribution in [-0.2, 0) is 4.79 Å². The average molecular weight is 628 g/mol. The first kappa shape index (κ1) is 27.4. The maximum absolute atomic E-state index is 13.4. The summed E-state index contributed by atoms with van der Waals surface area (Å²) in [6.45, 7) is -0.239. The number of para-hydroxylation sites is 1. The first-order chi connectivity index (χ1) is 18.9. The van der Waals surface area contributed by atoms with Gasteiger partial charge in [-0.25, -0.2) is 4.98 Å². The van der Waals surface area contributed by atoms with Crippen molar-refractivity contribution in [3.8, 4) is 5.75 Å². The van der Waals surface area contributed by atoms with Crippen LogP contribution in [-0.4, -0.2) is 28.4 Å². The zero-order valence-corrected chi connectivity index (χ0v) is 24.0. The van der Waals surface area contributed by atoms with Crippen LogP contribution in [0.5, 0.6) is 5.75 Å². The van der Waals surface area contributed by atoms with Gasteiger partial charge in [-0.05, 0) is 82.9 Å². The van der Waals surface area contributed by atoms with Crippen molar-refractivity contribution < 1.29 is 9.53 Å². The number of nitrogens with one attached hydrogen (secondary N) is 1. The Balaban J connectivity index is 1.37. The summed E-state index contributed by atoms with van der Waals surface area (Å²) in [5.74, 6) is 0.849. The van der Waals surface area contributed by atoms with Crippen LogP contribution in [0.25, 0.3) is 10.9 Å². The second kappa shape index (κ2) is 12.3. The van der Waals surface area contributed by atoms with Gasteiger partial charge in [0.1, 0.15) is 5.82 Å². The van der Waals surface area contributed by atoms with Crippen LogP contribution in [0.2, 0.25) is 10.0 Å². The number of fused-ring (bicyclic) bond motifs is 1.